The lowest BCUT2D eigenvalue weighted by atomic mass is 10.1. The van der Waals surface area contributed by atoms with Crippen LogP contribution in [0.15, 0.2) is 60.8 Å². The van der Waals surface area contributed by atoms with Crippen LogP contribution in [0.25, 0.3) is 0 Å². The van der Waals surface area contributed by atoms with Crippen LogP contribution in [0.4, 0.5) is 0 Å². The van der Waals surface area contributed by atoms with Crippen molar-refractivity contribution in [2.75, 3.05) is 26.4 Å². The summed E-state index contributed by atoms with van der Waals surface area (Å²) in [7, 11) is -4.43. The van der Waals surface area contributed by atoms with Crippen LogP contribution >= 0.6 is 7.82 Å². The highest BCUT2D eigenvalue weighted by atomic mass is 31.2. The van der Waals surface area contributed by atoms with Gasteiger partial charge in [0.05, 0.1) is 13.2 Å². The molecule has 0 radical (unpaired) electrons. The molecule has 0 aliphatic heterocycles. The van der Waals surface area contributed by atoms with Crippen molar-refractivity contribution in [2.45, 2.75) is 193 Å². The number of amides is 1. The molecule has 0 aromatic heterocycles. The van der Waals surface area contributed by atoms with E-state index in [2.05, 4.69) is 79.9 Å². The minimum absolute atomic E-state index is 0.0677. The van der Waals surface area contributed by atoms with Crippen molar-refractivity contribution in [3.05, 3.63) is 60.8 Å². The van der Waals surface area contributed by atoms with Gasteiger partial charge in [-0.2, -0.15) is 0 Å². The summed E-state index contributed by atoms with van der Waals surface area (Å²) < 4.78 is 26.9. The number of aliphatic hydroxyl groups is 1. The molecule has 0 saturated carbocycles. The van der Waals surface area contributed by atoms with Crippen molar-refractivity contribution in [2.24, 2.45) is 0 Å². The van der Waals surface area contributed by atoms with E-state index in [-0.39, 0.29) is 32.1 Å². The van der Waals surface area contributed by atoms with E-state index < -0.39 is 26.5 Å². The summed E-state index contributed by atoms with van der Waals surface area (Å²) in [5, 5.41) is 12.7. The maximum Gasteiger partial charge on any atom is 0.472 e. The molecule has 0 aliphatic rings. The fourth-order valence-electron chi connectivity index (χ4n) is 5.77. The van der Waals surface area contributed by atoms with Gasteiger partial charge in [-0.1, -0.05) is 152 Å². The summed E-state index contributed by atoms with van der Waals surface area (Å²) in [6.07, 6.45) is 50.0. The average Bonchev–Trinajstić information content (AvgIpc) is 3.18. The number of hydrogen-bond acceptors (Lipinski definition) is 7. The number of phosphoric ester groups is 1. The number of unbranched alkanes of at least 4 members (excludes halogenated alkanes) is 18. The zero-order chi connectivity index (χ0) is 41.1. The Bertz CT molecular complexity index is 1100. The smallest absolute Gasteiger partial charge is 0.463 e. The molecular formula is C46H82NO8P. The SMILES string of the molecule is CCCCC/C=C\C/C=C\C/C=C\C/C=C\CCCCCCCC(=O)NCCOP(=O)(O)OCC(O)COC(=O)CCCCCCC/C=C\CCCCCCC. The van der Waals surface area contributed by atoms with E-state index in [0.717, 1.165) is 96.3 Å². The minimum atomic E-state index is -4.43. The molecule has 2 atom stereocenters. The van der Waals surface area contributed by atoms with Crippen LogP contribution in [0.1, 0.15) is 187 Å². The van der Waals surface area contributed by atoms with Crippen LogP contribution in [0.2, 0.25) is 0 Å². The highest BCUT2D eigenvalue weighted by Crippen LogP contribution is 2.42. The van der Waals surface area contributed by atoms with Crippen molar-refractivity contribution in [3.8, 4) is 0 Å². The largest absolute Gasteiger partial charge is 0.472 e. The van der Waals surface area contributed by atoms with Gasteiger partial charge in [-0.25, -0.2) is 4.57 Å². The number of phosphoric acid groups is 1. The highest BCUT2D eigenvalue weighted by molar-refractivity contribution is 7.47. The van der Waals surface area contributed by atoms with Crippen molar-refractivity contribution >= 4 is 19.7 Å². The van der Waals surface area contributed by atoms with Gasteiger partial charge in [0.15, 0.2) is 0 Å². The molecule has 0 rings (SSSR count). The van der Waals surface area contributed by atoms with Crippen LogP contribution < -0.4 is 5.32 Å². The first kappa shape index (κ1) is 53.7. The van der Waals surface area contributed by atoms with E-state index in [9.17, 15) is 24.2 Å². The topological polar surface area (TPSA) is 131 Å². The number of nitrogens with one attached hydrogen (secondary N) is 1. The Morgan fingerprint density at radius 1 is 0.554 bits per heavy atom. The summed E-state index contributed by atoms with van der Waals surface area (Å²) in [5.74, 6) is -0.546. The van der Waals surface area contributed by atoms with Crippen molar-refractivity contribution < 1.29 is 37.9 Å². The van der Waals surface area contributed by atoms with Gasteiger partial charge in [0, 0.05) is 19.4 Å². The Balaban J connectivity index is 3.65. The van der Waals surface area contributed by atoms with Gasteiger partial charge in [0.2, 0.25) is 5.91 Å². The first-order valence-corrected chi connectivity index (χ1v) is 23.8. The molecule has 0 aliphatic carbocycles. The number of allylic oxidation sites excluding steroid dienone is 10. The lowest BCUT2D eigenvalue weighted by Crippen LogP contribution is -2.27. The van der Waals surface area contributed by atoms with E-state index in [1.807, 2.05) is 0 Å². The zero-order valence-corrected chi connectivity index (χ0v) is 36.5. The van der Waals surface area contributed by atoms with Crippen LogP contribution in [0.3, 0.4) is 0 Å². The third-order valence-electron chi connectivity index (χ3n) is 9.17. The molecule has 3 N–H and O–H groups in total. The molecule has 2 unspecified atom stereocenters. The van der Waals surface area contributed by atoms with Crippen LogP contribution in [0.5, 0.6) is 0 Å². The van der Waals surface area contributed by atoms with E-state index in [4.69, 9.17) is 13.8 Å². The quantitative estimate of drug-likeness (QED) is 0.0241. The van der Waals surface area contributed by atoms with Gasteiger partial charge in [0.25, 0.3) is 0 Å². The molecule has 56 heavy (non-hydrogen) atoms. The summed E-state index contributed by atoms with van der Waals surface area (Å²) in [4.78, 5) is 33.9. The Hall–Kier alpha value is -2.29. The average molecular weight is 808 g/mol. The van der Waals surface area contributed by atoms with E-state index in [1.165, 1.54) is 64.2 Å². The molecule has 324 valence electrons. The molecule has 0 aromatic carbocycles. The summed E-state index contributed by atoms with van der Waals surface area (Å²) in [6.45, 7) is 3.47. The summed E-state index contributed by atoms with van der Waals surface area (Å²) in [6, 6.07) is 0. The molecule has 0 bridgehead atoms. The van der Waals surface area contributed by atoms with Gasteiger partial charge in [-0.3, -0.25) is 18.6 Å². The molecule has 0 fully saturated rings. The molecular weight excluding hydrogens is 725 g/mol. The number of rotatable bonds is 41. The number of carbonyl (C=O) groups is 2. The standard InChI is InChI=1S/C46H82NO8P/c1-3-5-7-9-11-13-15-17-19-20-21-22-23-24-25-26-28-30-32-34-36-38-45(49)47-40-41-54-56(51,52)55-43-44(48)42-53-46(50)39-37-35-33-31-29-27-18-16-14-12-10-8-6-4-2/h11,13,16-19,21-22,24-25,44,48H,3-10,12,14-15,20,23,26-43H2,1-2H3,(H,47,49)(H,51,52)/b13-11-,18-16-,19-17-,22-21-,25-24-. The van der Waals surface area contributed by atoms with Gasteiger partial charge in [-0.05, 0) is 83.5 Å². The lowest BCUT2D eigenvalue weighted by molar-refractivity contribution is -0.147. The van der Waals surface area contributed by atoms with E-state index in [0.29, 0.717) is 6.42 Å². The summed E-state index contributed by atoms with van der Waals surface area (Å²) >= 11 is 0. The predicted molar refractivity (Wildman–Crippen MR) is 233 cm³/mol. The fourth-order valence-corrected chi connectivity index (χ4v) is 6.53. The third-order valence-corrected chi connectivity index (χ3v) is 10.2. The van der Waals surface area contributed by atoms with Gasteiger partial charge >= 0.3 is 13.8 Å². The van der Waals surface area contributed by atoms with E-state index in [1.54, 1.807) is 0 Å². The van der Waals surface area contributed by atoms with Gasteiger partial charge in [0.1, 0.15) is 12.7 Å². The van der Waals surface area contributed by atoms with Gasteiger partial charge in [-0.15, -0.1) is 0 Å². The normalized spacial score (nSPS) is 13.9. The Kier molecular flexibility index (Phi) is 40.6. The molecule has 0 aromatic rings. The van der Waals surface area contributed by atoms with Crippen LogP contribution in [-0.2, 0) is 27.9 Å². The third kappa shape index (κ3) is 42.8. The van der Waals surface area contributed by atoms with E-state index >= 15 is 0 Å². The number of hydrogen-bond donors (Lipinski definition) is 3. The Morgan fingerprint density at radius 3 is 1.50 bits per heavy atom. The molecule has 9 nitrogen and oxygen atoms in total. The number of aliphatic hydroxyl groups excluding tert-OH is 1. The molecule has 1 amide bonds. The van der Waals surface area contributed by atoms with Crippen molar-refractivity contribution in [1.29, 1.82) is 0 Å². The second-order valence-corrected chi connectivity index (χ2v) is 16.1. The maximum absolute atomic E-state index is 12.1. The number of esters is 1. The molecule has 0 saturated heterocycles. The maximum atomic E-state index is 12.1. The highest BCUT2D eigenvalue weighted by Gasteiger charge is 2.23. The van der Waals surface area contributed by atoms with Gasteiger partial charge < -0.3 is 20.1 Å². The van der Waals surface area contributed by atoms with Crippen LogP contribution in [-0.4, -0.2) is 54.3 Å². The second-order valence-electron chi connectivity index (χ2n) is 14.7. The first-order chi connectivity index (χ1) is 27.3. The second kappa shape index (κ2) is 42.3. The Morgan fingerprint density at radius 2 is 0.964 bits per heavy atom. The molecule has 10 heteroatoms. The predicted octanol–water partition coefficient (Wildman–Crippen LogP) is 12.5. The molecule has 0 heterocycles. The number of carbonyl (C=O) groups excluding carboxylic acids is 2. The summed E-state index contributed by atoms with van der Waals surface area (Å²) in [5.41, 5.74) is 0. The lowest BCUT2D eigenvalue weighted by Gasteiger charge is -2.15. The Labute approximate surface area is 342 Å². The molecule has 0 spiro atoms. The fraction of sp³-hybridized carbons (Fsp3) is 0.739. The zero-order valence-electron chi connectivity index (χ0n) is 35.6. The van der Waals surface area contributed by atoms with Crippen molar-refractivity contribution in [1.82, 2.24) is 5.32 Å². The first-order valence-electron chi connectivity index (χ1n) is 22.3. The minimum Gasteiger partial charge on any atom is -0.463 e. The number of ether oxygens (including phenoxy) is 1. The monoisotopic (exact) mass is 808 g/mol. The van der Waals surface area contributed by atoms with Crippen molar-refractivity contribution in [3.63, 3.8) is 0 Å². The van der Waals surface area contributed by atoms with Crippen LogP contribution in [0, 0.1) is 0 Å².